The summed E-state index contributed by atoms with van der Waals surface area (Å²) < 4.78 is 36.4. The fraction of sp³-hybridized carbons (Fsp3) is 0.158. The van der Waals surface area contributed by atoms with Crippen LogP contribution in [-0.4, -0.2) is 39.8 Å². The van der Waals surface area contributed by atoms with E-state index in [1.165, 1.54) is 39.4 Å². The zero-order valence-corrected chi connectivity index (χ0v) is 16.2. The van der Waals surface area contributed by atoms with Gasteiger partial charge < -0.3 is 14.5 Å². The minimum absolute atomic E-state index is 0.0198. The third kappa shape index (κ3) is 3.62. The highest BCUT2D eigenvalue weighted by molar-refractivity contribution is 7.89. The van der Waals surface area contributed by atoms with Crippen molar-refractivity contribution in [3.63, 3.8) is 0 Å². The number of fused-ring (bicyclic) bond motifs is 1. The van der Waals surface area contributed by atoms with Crippen molar-refractivity contribution in [2.75, 3.05) is 26.5 Å². The summed E-state index contributed by atoms with van der Waals surface area (Å²) in [5.41, 5.74) is 0.0465. The molecule has 3 aromatic rings. The lowest BCUT2D eigenvalue weighted by Crippen LogP contribution is -2.22. The maximum atomic E-state index is 12.6. The standard InChI is InChI=1S/C19H18N2O6S/c1-21(2)28(24,25)12-8-9-17(26-3)14(10-12)20-19(23)18-11-15(22)13-6-4-5-7-16(13)27-18/h4-11H,1-3H3,(H,20,23). The molecule has 0 saturated heterocycles. The largest absolute Gasteiger partial charge is 0.495 e. The highest BCUT2D eigenvalue weighted by Crippen LogP contribution is 2.29. The number of hydrogen-bond donors (Lipinski definition) is 1. The van der Waals surface area contributed by atoms with E-state index in [2.05, 4.69) is 5.32 Å². The van der Waals surface area contributed by atoms with Crippen LogP contribution in [0.25, 0.3) is 11.0 Å². The average Bonchev–Trinajstić information content (AvgIpc) is 2.67. The number of hydrogen-bond acceptors (Lipinski definition) is 6. The number of ether oxygens (including phenoxy) is 1. The van der Waals surface area contributed by atoms with Crippen LogP contribution in [0.4, 0.5) is 5.69 Å². The Balaban J connectivity index is 2.01. The number of sulfonamides is 1. The monoisotopic (exact) mass is 402 g/mol. The van der Waals surface area contributed by atoms with Crippen molar-refractivity contribution in [2.45, 2.75) is 4.90 Å². The fourth-order valence-electron chi connectivity index (χ4n) is 2.56. The van der Waals surface area contributed by atoms with Gasteiger partial charge in [-0.3, -0.25) is 9.59 Å². The van der Waals surface area contributed by atoms with Crippen molar-refractivity contribution in [1.29, 1.82) is 0 Å². The van der Waals surface area contributed by atoms with E-state index in [0.717, 1.165) is 10.4 Å². The third-order valence-corrected chi connectivity index (χ3v) is 5.87. The molecular formula is C19H18N2O6S. The van der Waals surface area contributed by atoms with Gasteiger partial charge in [0.15, 0.2) is 11.2 Å². The smallest absolute Gasteiger partial charge is 0.291 e. The molecule has 0 aliphatic rings. The molecule has 0 bridgehead atoms. The summed E-state index contributed by atoms with van der Waals surface area (Å²) in [4.78, 5) is 24.8. The van der Waals surface area contributed by atoms with Crippen molar-refractivity contribution >= 4 is 32.6 Å². The molecule has 1 N–H and O–H groups in total. The van der Waals surface area contributed by atoms with E-state index >= 15 is 0 Å². The molecule has 0 atom stereocenters. The number of nitrogens with one attached hydrogen (secondary N) is 1. The Hall–Kier alpha value is -3.17. The predicted octanol–water partition coefficient (Wildman–Crippen LogP) is 2.30. The first-order valence-corrected chi connectivity index (χ1v) is 9.63. The molecule has 0 aliphatic carbocycles. The lowest BCUT2D eigenvalue weighted by Gasteiger charge is -2.15. The van der Waals surface area contributed by atoms with Crippen LogP contribution >= 0.6 is 0 Å². The third-order valence-electron chi connectivity index (χ3n) is 4.06. The molecule has 0 radical (unpaired) electrons. The molecule has 1 heterocycles. The molecule has 0 aliphatic heterocycles. The van der Waals surface area contributed by atoms with E-state index in [1.807, 2.05) is 0 Å². The number of benzene rings is 2. The summed E-state index contributed by atoms with van der Waals surface area (Å²) in [7, 11) is 0.491. The molecule has 2 aromatic carbocycles. The van der Waals surface area contributed by atoms with Gasteiger partial charge in [-0.1, -0.05) is 12.1 Å². The SMILES string of the molecule is COc1ccc(S(=O)(=O)N(C)C)cc1NC(=O)c1cc(=O)c2ccccc2o1. The van der Waals surface area contributed by atoms with Gasteiger partial charge in [0.2, 0.25) is 10.0 Å². The lowest BCUT2D eigenvalue weighted by atomic mass is 10.2. The van der Waals surface area contributed by atoms with Crippen LogP contribution in [-0.2, 0) is 10.0 Å². The average molecular weight is 402 g/mol. The molecule has 3 rings (SSSR count). The Labute approximate surface area is 161 Å². The summed E-state index contributed by atoms with van der Waals surface area (Å²) in [5.74, 6) is -0.652. The number of carbonyl (C=O) groups is 1. The molecule has 0 spiro atoms. The minimum Gasteiger partial charge on any atom is -0.495 e. The van der Waals surface area contributed by atoms with E-state index in [-0.39, 0.29) is 33.1 Å². The van der Waals surface area contributed by atoms with Crippen molar-refractivity contribution in [3.8, 4) is 5.75 Å². The Morgan fingerprint density at radius 3 is 2.50 bits per heavy atom. The van der Waals surface area contributed by atoms with Gasteiger partial charge >= 0.3 is 0 Å². The van der Waals surface area contributed by atoms with Gasteiger partial charge in [-0.05, 0) is 30.3 Å². The second-order valence-corrected chi connectivity index (χ2v) is 8.23. The number of amides is 1. The normalized spacial score (nSPS) is 11.6. The minimum atomic E-state index is -3.71. The van der Waals surface area contributed by atoms with Crippen molar-refractivity contribution in [2.24, 2.45) is 0 Å². The molecule has 28 heavy (non-hydrogen) atoms. The van der Waals surface area contributed by atoms with Gasteiger partial charge in [-0.15, -0.1) is 0 Å². The second-order valence-electron chi connectivity index (χ2n) is 6.07. The molecule has 0 fully saturated rings. The van der Waals surface area contributed by atoms with Crippen LogP contribution < -0.4 is 15.5 Å². The fourth-order valence-corrected chi connectivity index (χ4v) is 3.48. The molecule has 1 amide bonds. The highest BCUT2D eigenvalue weighted by atomic mass is 32.2. The van der Waals surface area contributed by atoms with E-state index in [9.17, 15) is 18.0 Å². The van der Waals surface area contributed by atoms with Crippen molar-refractivity contribution < 1.29 is 22.4 Å². The first-order chi connectivity index (χ1) is 13.2. The summed E-state index contributed by atoms with van der Waals surface area (Å²) in [6.45, 7) is 0. The second kappa shape index (κ2) is 7.45. The Kier molecular flexibility index (Phi) is 5.21. The molecule has 1 aromatic heterocycles. The van der Waals surface area contributed by atoms with Gasteiger partial charge in [0.05, 0.1) is 23.1 Å². The van der Waals surface area contributed by atoms with E-state index < -0.39 is 15.9 Å². The summed E-state index contributed by atoms with van der Waals surface area (Å²) in [6.07, 6.45) is 0. The number of nitrogens with zero attached hydrogens (tertiary/aromatic N) is 1. The van der Waals surface area contributed by atoms with Crippen LogP contribution in [0.15, 0.2) is 62.6 Å². The number of rotatable bonds is 5. The number of anilines is 1. The van der Waals surface area contributed by atoms with Crippen LogP contribution in [0.2, 0.25) is 0 Å². The summed E-state index contributed by atoms with van der Waals surface area (Å²) in [6, 6.07) is 11.7. The lowest BCUT2D eigenvalue weighted by molar-refractivity contribution is 0.0996. The highest BCUT2D eigenvalue weighted by Gasteiger charge is 2.21. The van der Waals surface area contributed by atoms with Crippen molar-refractivity contribution in [3.05, 3.63) is 64.5 Å². The first kappa shape index (κ1) is 19.6. The van der Waals surface area contributed by atoms with Crippen molar-refractivity contribution in [1.82, 2.24) is 4.31 Å². The van der Waals surface area contributed by atoms with Crippen LogP contribution in [0.3, 0.4) is 0 Å². The molecule has 0 saturated carbocycles. The molecule has 146 valence electrons. The zero-order valence-electron chi connectivity index (χ0n) is 15.4. The maximum absolute atomic E-state index is 12.6. The van der Waals surface area contributed by atoms with Crippen LogP contribution in [0, 0.1) is 0 Å². The molecular weight excluding hydrogens is 384 g/mol. The number of methoxy groups -OCH3 is 1. The first-order valence-electron chi connectivity index (χ1n) is 8.19. The van der Waals surface area contributed by atoms with Crippen LogP contribution in [0.1, 0.15) is 10.6 Å². The Bertz CT molecular complexity index is 1210. The zero-order chi connectivity index (χ0) is 20.5. The summed E-state index contributed by atoms with van der Waals surface area (Å²) >= 11 is 0. The molecule has 9 heteroatoms. The quantitative estimate of drug-likeness (QED) is 0.702. The molecule has 8 nitrogen and oxygen atoms in total. The topological polar surface area (TPSA) is 106 Å². The maximum Gasteiger partial charge on any atom is 0.291 e. The Morgan fingerprint density at radius 1 is 1.11 bits per heavy atom. The number of carbonyl (C=O) groups excluding carboxylic acids is 1. The van der Waals surface area contributed by atoms with E-state index in [0.29, 0.717) is 5.39 Å². The number of para-hydroxylation sites is 1. The Morgan fingerprint density at radius 2 is 1.82 bits per heavy atom. The van der Waals surface area contributed by atoms with Crippen LogP contribution in [0.5, 0.6) is 5.75 Å². The van der Waals surface area contributed by atoms with E-state index in [4.69, 9.17) is 9.15 Å². The predicted molar refractivity (Wildman–Crippen MR) is 104 cm³/mol. The summed E-state index contributed by atoms with van der Waals surface area (Å²) in [5, 5.41) is 2.90. The van der Waals surface area contributed by atoms with Gasteiger partial charge in [-0.25, -0.2) is 12.7 Å². The van der Waals surface area contributed by atoms with Gasteiger partial charge in [0.25, 0.3) is 5.91 Å². The molecule has 0 unspecified atom stereocenters. The van der Waals surface area contributed by atoms with Gasteiger partial charge in [0.1, 0.15) is 11.3 Å². The van der Waals surface area contributed by atoms with E-state index in [1.54, 1.807) is 24.3 Å². The van der Waals surface area contributed by atoms with Gasteiger partial charge in [-0.2, -0.15) is 0 Å². The van der Waals surface area contributed by atoms with Gasteiger partial charge in [0, 0.05) is 20.2 Å².